The highest BCUT2D eigenvalue weighted by atomic mass is 19.4. The summed E-state index contributed by atoms with van der Waals surface area (Å²) in [4.78, 5) is 27.0. The Bertz CT molecular complexity index is 669. The molecule has 1 aliphatic heterocycles. The SMILES string of the molecule is O=C(CO)N1CCN(C(=O)[C@H]2C[C@@H]2c2ccccc2C(F)(F)F)CC1. The Balaban J connectivity index is 1.63. The summed E-state index contributed by atoms with van der Waals surface area (Å²) < 4.78 is 39.4. The molecule has 3 rings (SSSR count). The topological polar surface area (TPSA) is 60.9 Å². The van der Waals surface area contributed by atoms with Gasteiger partial charge in [0.05, 0.1) is 5.56 Å². The third-order valence-electron chi connectivity index (χ3n) is 4.85. The first-order valence-electron chi connectivity index (χ1n) is 8.16. The van der Waals surface area contributed by atoms with Crippen LogP contribution in [0.2, 0.25) is 0 Å². The van der Waals surface area contributed by atoms with Gasteiger partial charge >= 0.3 is 6.18 Å². The molecule has 136 valence electrons. The van der Waals surface area contributed by atoms with E-state index in [4.69, 9.17) is 5.11 Å². The molecule has 2 aliphatic rings. The van der Waals surface area contributed by atoms with Crippen molar-refractivity contribution in [1.82, 2.24) is 9.80 Å². The molecule has 2 fully saturated rings. The van der Waals surface area contributed by atoms with E-state index in [0.29, 0.717) is 32.6 Å². The molecule has 1 aliphatic carbocycles. The van der Waals surface area contributed by atoms with Crippen LogP contribution in [0.1, 0.15) is 23.5 Å². The largest absolute Gasteiger partial charge is 0.416 e. The maximum atomic E-state index is 13.1. The average molecular weight is 356 g/mol. The summed E-state index contributed by atoms with van der Waals surface area (Å²) in [7, 11) is 0. The molecule has 1 saturated carbocycles. The number of halogens is 3. The average Bonchev–Trinajstić information content (AvgIpc) is 3.40. The van der Waals surface area contributed by atoms with Crippen LogP contribution < -0.4 is 0 Å². The van der Waals surface area contributed by atoms with Crippen LogP contribution in [0.4, 0.5) is 13.2 Å². The van der Waals surface area contributed by atoms with E-state index in [2.05, 4.69) is 0 Å². The van der Waals surface area contributed by atoms with Crippen molar-refractivity contribution in [2.24, 2.45) is 5.92 Å². The van der Waals surface area contributed by atoms with Crippen LogP contribution in [-0.4, -0.2) is 59.5 Å². The number of carbonyl (C=O) groups excluding carboxylic acids is 2. The number of alkyl halides is 3. The zero-order chi connectivity index (χ0) is 18.2. The molecule has 2 amide bonds. The molecule has 1 heterocycles. The quantitative estimate of drug-likeness (QED) is 0.892. The van der Waals surface area contributed by atoms with Crippen molar-refractivity contribution >= 4 is 11.8 Å². The van der Waals surface area contributed by atoms with Gasteiger partial charge in [-0.15, -0.1) is 0 Å². The molecule has 5 nitrogen and oxygen atoms in total. The van der Waals surface area contributed by atoms with Crippen LogP contribution in [0, 0.1) is 5.92 Å². The van der Waals surface area contributed by atoms with Gasteiger partial charge in [0.15, 0.2) is 0 Å². The number of aliphatic hydroxyl groups is 1. The second-order valence-corrected chi connectivity index (χ2v) is 6.40. The molecular weight excluding hydrogens is 337 g/mol. The molecule has 1 N–H and O–H groups in total. The van der Waals surface area contributed by atoms with Crippen molar-refractivity contribution < 1.29 is 27.9 Å². The molecule has 0 aromatic heterocycles. The van der Waals surface area contributed by atoms with Crippen LogP contribution in [0.25, 0.3) is 0 Å². The van der Waals surface area contributed by atoms with Crippen molar-refractivity contribution in [3.8, 4) is 0 Å². The van der Waals surface area contributed by atoms with E-state index in [1.54, 1.807) is 11.0 Å². The van der Waals surface area contributed by atoms with Gasteiger partial charge in [0.1, 0.15) is 6.61 Å². The summed E-state index contributed by atoms with van der Waals surface area (Å²) in [6.45, 7) is 0.791. The molecule has 1 saturated heterocycles. The van der Waals surface area contributed by atoms with Crippen molar-refractivity contribution in [3.63, 3.8) is 0 Å². The van der Waals surface area contributed by atoms with E-state index in [1.807, 2.05) is 0 Å². The van der Waals surface area contributed by atoms with Crippen LogP contribution in [0.15, 0.2) is 24.3 Å². The molecule has 1 aromatic carbocycles. The van der Waals surface area contributed by atoms with Gasteiger partial charge in [-0.05, 0) is 24.0 Å². The highest BCUT2D eigenvalue weighted by Crippen LogP contribution is 2.51. The Morgan fingerprint density at radius 2 is 1.68 bits per heavy atom. The third-order valence-corrected chi connectivity index (χ3v) is 4.85. The summed E-state index contributed by atoms with van der Waals surface area (Å²) in [5.41, 5.74) is -0.490. The summed E-state index contributed by atoms with van der Waals surface area (Å²) in [5.74, 6) is -1.36. The van der Waals surface area contributed by atoms with E-state index >= 15 is 0 Å². The minimum atomic E-state index is -4.43. The molecule has 8 heteroatoms. The number of piperazine rings is 1. The third kappa shape index (κ3) is 3.63. The van der Waals surface area contributed by atoms with Gasteiger partial charge in [-0.1, -0.05) is 18.2 Å². The fraction of sp³-hybridized carbons (Fsp3) is 0.529. The van der Waals surface area contributed by atoms with E-state index in [9.17, 15) is 22.8 Å². The first-order valence-corrected chi connectivity index (χ1v) is 8.16. The van der Waals surface area contributed by atoms with E-state index in [0.717, 1.165) is 6.07 Å². The lowest BCUT2D eigenvalue weighted by atomic mass is 10.0. The number of hydrogen-bond donors (Lipinski definition) is 1. The number of aliphatic hydroxyl groups excluding tert-OH is 1. The Morgan fingerprint density at radius 3 is 2.28 bits per heavy atom. The van der Waals surface area contributed by atoms with Crippen LogP contribution in [-0.2, 0) is 15.8 Å². The Kier molecular flexibility index (Phi) is 4.73. The van der Waals surface area contributed by atoms with Crippen molar-refractivity contribution in [2.45, 2.75) is 18.5 Å². The van der Waals surface area contributed by atoms with Gasteiger partial charge in [-0.25, -0.2) is 0 Å². The number of rotatable bonds is 3. The maximum Gasteiger partial charge on any atom is 0.416 e. The number of benzene rings is 1. The first kappa shape index (κ1) is 17.7. The van der Waals surface area contributed by atoms with Crippen LogP contribution in [0.3, 0.4) is 0 Å². The summed E-state index contributed by atoms with van der Waals surface area (Å²) in [5, 5.41) is 8.85. The summed E-state index contributed by atoms with van der Waals surface area (Å²) in [6.07, 6.45) is -4.01. The van der Waals surface area contributed by atoms with Gasteiger partial charge in [-0.2, -0.15) is 13.2 Å². The lowest BCUT2D eigenvalue weighted by molar-refractivity contribution is -0.142. The standard InChI is InChI=1S/C17H19F3N2O3/c18-17(19,20)14-4-2-1-3-11(14)12-9-13(12)16(25)22-7-5-21(6-8-22)15(24)10-23/h1-4,12-13,23H,5-10H2/t12-,13+/m1/s1. The van der Waals surface area contributed by atoms with E-state index in [-0.39, 0.29) is 17.4 Å². The fourth-order valence-corrected chi connectivity index (χ4v) is 3.40. The molecule has 0 radical (unpaired) electrons. The fourth-order valence-electron chi connectivity index (χ4n) is 3.40. The number of amides is 2. The van der Waals surface area contributed by atoms with Gasteiger partial charge < -0.3 is 14.9 Å². The lowest BCUT2D eigenvalue weighted by Gasteiger charge is -2.34. The van der Waals surface area contributed by atoms with Crippen molar-refractivity contribution in [3.05, 3.63) is 35.4 Å². The lowest BCUT2D eigenvalue weighted by Crippen LogP contribution is -2.51. The van der Waals surface area contributed by atoms with Gasteiger partial charge in [0.25, 0.3) is 0 Å². The second-order valence-electron chi connectivity index (χ2n) is 6.40. The van der Waals surface area contributed by atoms with Crippen LogP contribution >= 0.6 is 0 Å². The first-order chi connectivity index (χ1) is 11.8. The molecule has 25 heavy (non-hydrogen) atoms. The Hall–Kier alpha value is -2.09. The van der Waals surface area contributed by atoms with Gasteiger partial charge in [-0.3, -0.25) is 9.59 Å². The second kappa shape index (κ2) is 6.67. The molecule has 1 aromatic rings. The summed E-state index contributed by atoms with van der Waals surface area (Å²) in [6, 6.07) is 5.40. The van der Waals surface area contributed by atoms with E-state index < -0.39 is 30.2 Å². The molecule has 0 bridgehead atoms. The van der Waals surface area contributed by atoms with E-state index in [1.165, 1.54) is 17.0 Å². The van der Waals surface area contributed by atoms with Crippen molar-refractivity contribution in [1.29, 1.82) is 0 Å². The normalized spacial score (nSPS) is 23.5. The smallest absolute Gasteiger partial charge is 0.387 e. The van der Waals surface area contributed by atoms with Crippen molar-refractivity contribution in [2.75, 3.05) is 32.8 Å². The van der Waals surface area contributed by atoms with Gasteiger partial charge in [0, 0.05) is 32.1 Å². The minimum Gasteiger partial charge on any atom is -0.387 e. The van der Waals surface area contributed by atoms with Crippen LogP contribution in [0.5, 0.6) is 0 Å². The molecule has 0 spiro atoms. The predicted molar refractivity (Wildman–Crippen MR) is 82.5 cm³/mol. The number of hydrogen-bond acceptors (Lipinski definition) is 3. The highest BCUT2D eigenvalue weighted by molar-refractivity contribution is 5.84. The maximum absolute atomic E-state index is 13.1. The number of nitrogens with zero attached hydrogens (tertiary/aromatic N) is 2. The monoisotopic (exact) mass is 356 g/mol. The highest BCUT2D eigenvalue weighted by Gasteiger charge is 2.49. The zero-order valence-electron chi connectivity index (χ0n) is 13.5. The molecular formula is C17H19F3N2O3. The Morgan fingerprint density at radius 1 is 1.08 bits per heavy atom. The summed E-state index contributed by atoms with van der Waals surface area (Å²) >= 11 is 0. The minimum absolute atomic E-state index is 0.155. The van der Waals surface area contributed by atoms with Gasteiger partial charge in [0.2, 0.25) is 11.8 Å². The number of carbonyl (C=O) groups is 2. The Labute approximate surface area is 143 Å². The predicted octanol–water partition coefficient (Wildman–Crippen LogP) is 1.47. The molecule has 2 atom stereocenters. The molecule has 0 unspecified atom stereocenters. The zero-order valence-corrected chi connectivity index (χ0v) is 13.5.